The molecule has 1 unspecified atom stereocenters. The molecule has 0 aromatic carbocycles. The van der Waals surface area contributed by atoms with Gasteiger partial charge in [0.15, 0.2) is 5.16 Å². The summed E-state index contributed by atoms with van der Waals surface area (Å²) in [5.74, 6) is 0.768. The molecule has 1 aliphatic rings. The minimum atomic E-state index is 0.0845. The van der Waals surface area contributed by atoms with Crippen molar-refractivity contribution in [3.8, 4) is 0 Å². The molecule has 4 nitrogen and oxygen atoms in total. The summed E-state index contributed by atoms with van der Waals surface area (Å²) in [6.45, 7) is 1.29. The van der Waals surface area contributed by atoms with Crippen LogP contribution in [0.25, 0.3) is 0 Å². The van der Waals surface area contributed by atoms with Crippen LogP contribution in [-0.4, -0.2) is 34.7 Å². The van der Waals surface area contributed by atoms with Crippen molar-refractivity contribution in [2.75, 3.05) is 19.0 Å². The fourth-order valence-electron chi connectivity index (χ4n) is 1.40. The Morgan fingerprint density at radius 2 is 2.33 bits per heavy atom. The molecule has 0 N–H and O–H groups in total. The van der Waals surface area contributed by atoms with Crippen molar-refractivity contribution in [1.82, 2.24) is 9.97 Å². The monoisotopic (exact) mass is 224 g/mol. The molecule has 5 heteroatoms. The highest BCUT2D eigenvalue weighted by atomic mass is 32.2. The van der Waals surface area contributed by atoms with Gasteiger partial charge in [-0.25, -0.2) is 9.97 Å². The topological polar surface area (TPSA) is 52.1 Å². The van der Waals surface area contributed by atoms with Crippen molar-refractivity contribution >= 4 is 17.5 Å². The number of hydrogen-bond donors (Lipinski definition) is 0. The lowest BCUT2D eigenvalue weighted by atomic mass is 10.1. The van der Waals surface area contributed by atoms with E-state index in [9.17, 15) is 4.79 Å². The molecule has 1 fully saturated rings. The Morgan fingerprint density at radius 1 is 1.53 bits per heavy atom. The van der Waals surface area contributed by atoms with Gasteiger partial charge in [-0.15, -0.1) is 0 Å². The molecular weight excluding hydrogens is 212 g/mol. The zero-order valence-corrected chi connectivity index (χ0v) is 9.07. The van der Waals surface area contributed by atoms with Crippen molar-refractivity contribution in [1.29, 1.82) is 0 Å². The van der Waals surface area contributed by atoms with Crippen LogP contribution in [-0.2, 0) is 9.53 Å². The third kappa shape index (κ3) is 3.00. The van der Waals surface area contributed by atoms with Crippen LogP contribution in [0.2, 0.25) is 0 Å². The second kappa shape index (κ2) is 5.23. The summed E-state index contributed by atoms with van der Waals surface area (Å²) in [5.41, 5.74) is 0. The molecule has 0 amide bonds. The van der Waals surface area contributed by atoms with E-state index in [0.29, 0.717) is 24.1 Å². The van der Waals surface area contributed by atoms with E-state index in [1.807, 2.05) is 0 Å². The minimum Gasteiger partial charge on any atom is -0.381 e. The number of thioether (sulfide) groups is 1. The lowest BCUT2D eigenvalue weighted by Crippen LogP contribution is -2.16. The van der Waals surface area contributed by atoms with Crippen LogP contribution >= 0.6 is 11.8 Å². The molecule has 0 spiro atoms. The summed E-state index contributed by atoms with van der Waals surface area (Å²) in [6.07, 6.45) is 4.21. The van der Waals surface area contributed by atoms with E-state index in [1.54, 1.807) is 18.5 Å². The molecule has 0 radical (unpaired) electrons. The Morgan fingerprint density at radius 3 is 3.00 bits per heavy atom. The Balaban J connectivity index is 1.80. The van der Waals surface area contributed by atoms with E-state index in [4.69, 9.17) is 4.74 Å². The van der Waals surface area contributed by atoms with Crippen LogP contribution in [0.15, 0.2) is 23.6 Å². The third-order valence-electron chi connectivity index (χ3n) is 2.27. The SMILES string of the molecule is O=C(CSc1ncccn1)C1CCOC1. The van der Waals surface area contributed by atoms with Crippen LogP contribution in [0, 0.1) is 5.92 Å². The molecule has 0 saturated carbocycles. The van der Waals surface area contributed by atoms with E-state index in [-0.39, 0.29) is 11.7 Å². The molecule has 1 atom stereocenters. The van der Waals surface area contributed by atoms with Gasteiger partial charge < -0.3 is 4.74 Å². The maximum absolute atomic E-state index is 11.7. The summed E-state index contributed by atoms with van der Waals surface area (Å²) in [6, 6.07) is 1.76. The summed E-state index contributed by atoms with van der Waals surface area (Å²) in [7, 11) is 0. The fourth-order valence-corrected chi connectivity index (χ4v) is 2.18. The van der Waals surface area contributed by atoms with E-state index >= 15 is 0 Å². The lowest BCUT2D eigenvalue weighted by Gasteiger charge is -2.04. The molecule has 0 bridgehead atoms. The van der Waals surface area contributed by atoms with E-state index in [2.05, 4.69) is 9.97 Å². The van der Waals surface area contributed by atoms with Gasteiger partial charge in [-0.05, 0) is 12.5 Å². The average Bonchev–Trinajstić information content (AvgIpc) is 2.81. The smallest absolute Gasteiger partial charge is 0.187 e. The number of carbonyl (C=O) groups is 1. The van der Waals surface area contributed by atoms with Crippen molar-refractivity contribution < 1.29 is 9.53 Å². The minimum absolute atomic E-state index is 0.0845. The normalized spacial score (nSPS) is 20.4. The molecule has 2 rings (SSSR count). The zero-order valence-electron chi connectivity index (χ0n) is 8.26. The van der Waals surface area contributed by atoms with Gasteiger partial charge in [-0.3, -0.25) is 4.79 Å². The molecule has 80 valence electrons. The highest BCUT2D eigenvalue weighted by Crippen LogP contribution is 2.18. The van der Waals surface area contributed by atoms with Crippen molar-refractivity contribution in [3.05, 3.63) is 18.5 Å². The number of aromatic nitrogens is 2. The van der Waals surface area contributed by atoms with Crippen LogP contribution < -0.4 is 0 Å². The van der Waals surface area contributed by atoms with Crippen molar-refractivity contribution in [2.45, 2.75) is 11.6 Å². The van der Waals surface area contributed by atoms with Gasteiger partial charge in [-0.1, -0.05) is 11.8 Å². The molecule has 1 aromatic heterocycles. The molecule has 2 heterocycles. The van der Waals surface area contributed by atoms with Gasteiger partial charge in [0.1, 0.15) is 5.78 Å². The highest BCUT2D eigenvalue weighted by molar-refractivity contribution is 7.99. The first-order valence-electron chi connectivity index (χ1n) is 4.86. The van der Waals surface area contributed by atoms with Gasteiger partial charge >= 0.3 is 0 Å². The van der Waals surface area contributed by atoms with E-state index in [0.717, 1.165) is 6.42 Å². The summed E-state index contributed by atoms with van der Waals surface area (Å²) >= 11 is 1.39. The summed E-state index contributed by atoms with van der Waals surface area (Å²) < 4.78 is 5.17. The number of nitrogens with zero attached hydrogens (tertiary/aromatic N) is 2. The molecule has 0 aliphatic carbocycles. The number of hydrogen-bond acceptors (Lipinski definition) is 5. The first kappa shape index (κ1) is 10.6. The molecular formula is C10H12N2O2S. The largest absolute Gasteiger partial charge is 0.381 e. The zero-order chi connectivity index (χ0) is 10.5. The van der Waals surface area contributed by atoms with Crippen molar-refractivity contribution in [3.63, 3.8) is 0 Å². The van der Waals surface area contributed by atoms with Gasteiger partial charge in [0.2, 0.25) is 0 Å². The Kier molecular flexibility index (Phi) is 3.69. The first-order chi connectivity index (χ1) is 7.36. The number of Topliss-reactive ketones (excluding diaryl/α,β-unsaturated/α-hetero) is 1. The van der Waals surface area contributed by atoms with Gasteiger partial charge in [0.25, 0.3) is 0 Å². The Labute approximate surface area is 92.5 Å². The van der Waals surface area contributed by atoms with Crippen LogP contribution in [0.3, 0.4) is 0 Å². The number of ether oxygens (including phenoxy) is 1. The molecule has 1 aliphatic heterocycles. The summed E-state index contributed by atoms with van der Waals surface area (Å²) in [4.78, 5) is 19.8. The van der Waals surface area contributed by atoms with Crippen LogP contribution in [0.4, 0.5) is 0 Å². The molecule has 15 heavy (non-hydrogen) atoms. The Hall–Kier alpha value is -0.940. The number of rotatable bonds is 4. The summed E-state index contributed by atoms with van der Waals surface area (Å²) in [5, 5.41) is 0.657. The number of carbonyl (C=O) groups excluding carboxylic acids is 1. The van der Waals surface area contributed by atoms with E-state index < -0.39 is 0 Å². The van der Waals surface area contributed by atoms with Crippen molar-refractivity contribution in [2.24, 2.45) is 5.92 Å². The molecule has 1 aromatic rings. The second-order valence-corrected chi connectivity index (χ2v) is 4.29. The van der Waals surface area contributed by atoms with E-state index in [1.165, 1.54) is 11.8 Å². The standard InChI is InChI=1S/C10H12N2O2S/c13-9(8-2-5-14-6-8)7-15-10-11-3-1-4-12-10/h1,3-4,8H,2,5-7H2. The highest BCUT2D eigenvalue weighted by Gasteiger charge is 2.23. The van der Waals surface area contributed by atoms with Gasteiger partial charge in [0, 0.05) is 24.9 Å². The number of ketones is 1. The van der Waals surface area contributed by atoms with Crippen LogP contribution in [0.5, 0.6) is 0 Å². The maximum atomic E-state index is 11.7. The second-order valence-electron chi connectivity index (χ2n) is 3.35. The fraction of sp³-hybridized carbons (Fsp3) is 0.500. The first-order valence-corrected chi connectivity index (χ1v) is 5.85. The predicted molar refractivity (Wildman–Crippen MR) is 56.7 cm³/mol. The average molecular weight is 224 g/mol. The molecule has 1 saturated heterocycles. The van der Waals surface area contributed by atoms with Gasteiger partial charge in [0.05, 0.1) is 12.4 Å². The maximum Gasteiger partial charge on any atom is 0.187 e. The quantitative estimate of drug-likeness (QED) is 0.567. The van der Waals surface area contributed by atoms with Crippen LogP contribution in [0.1, 0.15) is 6.42 Å². The third-order valence-corrected chi connectivity index (χ3v) is 3.17. The Bertz CT molecular complexity index is 325. The predicted octanol–water partition coefficient (Wildman–Crippen LogP) is 1.17. The van der Waals surface area contributed by atoms with Gasteiger partial charge in [-0.2, -0.15) is 0 Å². The lowest BCUT2D eigenvalue weighted by molar-refractivity contribution is -0.120.